The van der Waals surface area contributed by atoms with Gasteiger partial charge in [-0.1, -0.05) is 44.2 Å². The number of hydrogen-bond acceptors (Lipinski definition) is 6. The number of nitrogens with zero attached hydrogens (tertiary/aromatic N) is 5. The van der Waals surface area contributed by atoms with Crippen LogP contribution in [0.5, 0.6) is 0 Å². The summed E-state index contributed by atoms with van der Waals surface area (Å²) in [5, 5.41) is 0.0171. The third kappa shape index (κ3) is 3.18. The Balaban J connectivity index is 1.88. The van der Waals surface area contributed by atoms with Crippen LogP contribution < -0.4 is 5.56 Å². The Hall–Kier alpha value is -3.52. The van der Waals surface area contributed by atoms with E-state index in [4.69, 9.17) is 17.6 Å². The van der Waals surface area contributed by atoms with Gasteiger partial charge in [-0.05, 0) is 36.1 Å². The number of aromatic amines is 1. The summed E-state index contributed by atoms with van der Waals surface area (Å²) in [6, 6.07) is 13.6. The minimum atomic E-state index is -0.584. The van der Waals surface area contributed by atoms with Crippen LogP contribution in [0.15, 0.2) is 59.9 Å². The summed E-state index contributed by atoms with van der Waals surface area (Å²) in [6.45, 7) is 6.15. The first-order chi connectivity index (χ1) is 15.5. The Morgan fingerprint density at radius 3 is 2.66 bits per heavy atom. The van der Waals surface area contributed by atoms with Crippen molar-refractivity contribution in [1.29, 1.82) is 0 Å². The van der Waals surface area contributed by atoms with Crippen LogP contribution in [0.2, 0.25) is 0 Å². The maximum atomic E-state index is 13.9. The number of benzene rings is 2. The molecule has 2 aromatic carbocycles. The molecule has 0 fully saturated rings. The number of imidazole rings is 1. The predicted octanol–water partition coefficient (Wildman–Crippen LogP) is 4.50. The van der Waals surface area contributed by atoms with E-state index in [9.17, 15) is 4.79 Å². The van der Waals surface area contributed by atoms with Gasteiger partial charge in [-0.25, -0.2) is 19.9 Å². The van der Waals surface area contributed by atoms with E-state index in [1.165, 1.54) is 6.33 Å². The van der Waals surface area contributed by atoms with Gasteiger partial charge in [-0.15, -0.1) is 0 Å². The van der Waals surface area contributed by atoms with Crippen molar-refractivity contribution in [3.8, 4) is 5.69 Å². The van der Waals surface area contributed by atoms with E-state index in [0.717, 1.165) is 16.8 Å². The van der Waals surface area contributed by atoms with E-state index in [2.05, 4.69) is 33.8 Å². The molecule has 0 amide bonds. The lowest BCUT2D eigenvalue weighted by molar-refractivity contribution is 0.792. The third-order valence-electron chi connectivity index (χ3n) is 5.69. The van der Waals surface area contributed by atoms with Crippen molar-refractivity contribution in [3.05, 3.63) is 88.1 Å². The van der Waals surface area contributed by atoms with E-state index in [0.29, 0.717) is 33.6 Å². The fourth-order valence-corrected chi connectivity index (χ4v) is 4.49. The van der Waals surface area contributed by atoms with Gasteiger partial charge < -0.3 is 4.98 Å². The van der Waals surface area contributed by atoms with Gasteiger partial charge in [0, 0.05) is 0 Å². The monoisotopic (exact) mass is 442 g/mol. The number of H-pyrrole nitrogens is 1. The number of nitrogens with one attached hydrogen (secondary N) is 1. The molecule has 0 bridgehead atoms. The van der Waals surface area contributed by atoms with Crippen molar-refractivity contribution in [2.24, 2.45) is 0 Å². The number of fused-ring (bicyclic) bond motifs is 2. The Kier molecular flexibility index (Phi) is 5.01. The van der Waals surface area contributed by atoms with E-state index in [1.807, 2.05) is 49.4 Å². The summed E-state index contributed by atoms with van der Waals surface area (Å²) in [5.41, 5.74) is 5.09. The molecule has 5 rings (SSSR count). The van der Waals surface area contributed by atoms with E-state index < -0.39 is 5.25 Å². The van der Waals surface area contributed by atoms with Gasteiger partial charge in [0.05, 0.1) is 28.6 Å². The van der Waals surface area contributed by atoms with Crippen LogP contribution in [-0.2, 0) is 0 Å². The van der Waals surface area contributed by atoms with Crippen LogP contribution in [0.25, 0.3) is 27.8 Å². The van der Waals surface area contributed by atoms with E-state index >= 15 is 0 Å². The van der Waals surface area contributed by atoms with Crippen molar-refractivity contribution in [1.82, 2.24) is 29.5 Å². The van der Waals surface area contributed by atoms with Crippen molar-refractivity contribution < 1.29 is 0 Å². The number of aromatic nitrogens is 6. The van der Waals surface area contributed by atoms with Crippen LogP contribution in [0.3, 0.4) is 0 Å². The zero-order valence-corrected chi connectivity index (χ0v) is 18.8. The largest absolute Gasteiger partial charge is 0.342 e. The number of hydrogen-bond donors (Lipinski definition) is 2. The predicted molar refractivity (Wildman–Crippen MR) is 129 cm³/mol. The van der Waals surface area contributed by atoms with Crippen molar-refractivity contribution in [2.45, 2.75) is 31.9 Å². The lowest BCUT2D eigenvalue weighted by Gasteiger charge is -2.21. The number of aryl methyl sites for hydroxylation is 1. The Morgan fingerprint density at radius 2 is 1.84 bits per heavy atom. The maximum absolute atomic E-state index is 13.9. The summed E-state index contributed by atoms with van der Waals surface area (Å²) in [6.07, 6.45) is 3.03. The van der Waals surface area contributed by atoms with E-state index in [-0.39, 0.29) is 11.5 Å². The van der Waals surface area contributed by atoms with Crippen LogP contribution in [0.1, 0.15) is 47.7 Å². The molecular formula is C24H22N6OS. The van der Waals surface area contributed by atoms with Crippen LogP contribution in [0.4, 0.5) is 0 Å². The molecule has 7 nitrogen and oxygen atoms in total. The second kappa shape index (κ2) is 7.87. The van der Waals surface area contributed by atoms with Gasteiger partial charge in [-0.3, -0.25) is 9.36 Å². The standard InChI is InChI=1S/C24H22N6OS/c1-13(2)15-8-4-5-10-17(15)30-23(29-16-9-6-7-14(3)18(16)24(30)31)21(32)19-20-22(27-11-25-19)28-12-26-20/h4-13,21,32H,1-3H3,(H,25,26,27,28). The number of thiol groups is 1. The molecule has 1 atom stereocenters. The van der Waals surface area contributed by atoms with Gasteiger partial charge >= 0.3 is 0 Å². The van der Waals surface area contributed by atoms with Crippen LogP contribution >= 0.6 is 12.6 Å². The average Bonchev–Trinajstić information content (AvgIpc) is 3.27. The van der Waals surface area contributed by atoms with Gasteiger partial charge in [0.2, 0.25) is 0 Å². The van der Waals surface area contributed by atoms with Crippen molar-refractivity contribution in [2.75, 3.05) is 0 Å². The minimum absolute atomic E-state index is 0.120. The third-order valence-corrected chi connectivity index (χ3v) is 6.16. The van der Waals surface area contributed by atoms with Gasteiger partial charge in [0.1, 0.15) is 22.9 Å². The topological polar surface area (TPSA) is 89.3 Å². The molecule has 0 aliphatic heterocycles. The lowest BCUT2D eigenvalue weighted by Crippen LogP contribution is -2.27. The summed E-state index contributed by atoms with van der Waals surface area (Å²) in [7, 11) is 0. The fraction of sp³-hybridized carbons (Fsp3) is 0.208. The highest BCUT2D eigenvalue weighted by Gasteiger charge is 2.25. The van der Waals surface area contributed by atoms with Crippen molar-refractivity contribution in [3.63, 3.8) is 0 Å². The normalized spacial score (nSPS) is 12.7. The summed E-state index contributed by atoms with van der Waals surface area (Å²) < 4.78 is 1.69. The SMILES string of the molecule is Cc1cccc2nc(C(S)c3ncnc4nc[nH]c34)n(-c3ccccc3C(C)C)c(=O)c12. The smallest absolute Gasteiger partial charge is 0.266 e. The molecule has 0 saturated heterocycles. The molecule has 3 aromatic heterocycles. The maximum Gasteiger partial charge on any atom is 0.266 e. The molecule has 160 valence electrons. The highest BCUT2D eigenvalue weighted by Crippen LogP contribution is 2.32. The molecule has 8 heteroatoms. The molecule has 5 aromatic rings. The van der Waals surface area contributed by atoms with Crippen LogP contribution in [-0.4, -0.2) is 29.5 Å². The van der Waals surface area contributed by atoms with Gasteiger partial charge in [-0.2, -0.15) is 12.6 Å². The van der Waals surface area contributed by atoms with Crippen LogP contribution in [0, 0.1) is 6.92 Å². The molecule has 1 N–H and O–H groups in total. The second-order valence-corrected chi connectivity index (χ2v) is 8.57. The highest BCUT2D eigenvalue weighted by atomic mass is 32.1. The minimum Gasteiger partial charge on any atom is -0.342 e. The molecule has 0 aliphatic carbocycles. The van der Waals surface area contributed by atoms with E-state index in [1.54, 1.807) is 10.9 Å². The lowest BCUT2D eigenvalue weighted by atomic mass is 10.0. The molecule has 1 unspecified atom stereocenters. The second-order valence-electron chi connectivity index (χ2n) is 8.06. The molecule has 0 radical (unpaired) electrons. The number of para-hydroxylation sites is 1. The molecule has 3 heterocycles. The summed E-state index contributed by atoms with van der Waals surface area (Å²) >= 11 is 4.90. The fourth-order valence-electron chi connectivity index (χ4n) is 4.12. The first-order valence-corrected chi connectivity index (χ1v) is 10.9. The zero-order valence-electron chi connectivity index (χ0n) is 17.9. The number of rotatable bonds is 4. The highest BCUT2D eigenvalue weighted by molar-refractivity contribution is 7.80. The summed E-state index contributed by atoms with van der Waals surface area (Å²) in [5.74, 6) is 0.717. The molecule has 32 heavy (non-hydrogen) atoms. The molecule has 0 spiro atoms. The quantitative estimate of drug-likeness (QED) is 0.400. The molecule has 0 saturated carbocycles. The zero-order chi connectivity index (χ0) is 22.4. The Morgan fingerprint density at radius 1 is 1.03 bits per heavy atom. The van der Waals surface area contributed by atoms with Gasteiger partial charge in [0.25, 0.3) is 5.56 Å². The van der Waals surface area contributed by atoms with Gasteiger partial charge in [0.15, 0.2) is 5.65 Å². The first-order valence-electron chi connectivity index (χ1n) is 10.4. The summed E-state index contributed by atoms with van der Waals surface area (Å²) in [4.78, 5) is 34.8. The first kappa shape index (κ1) is 20.4. The van der Waals surface area contributed by atoms with Crippen molar-refractivity contribution >= 4 is 34.7 Å². The Bertz CT molecular complexity index is 1520. The molecule has 0 aliphatic rings. The average molecular weight is 443 g/mol. The Labute approximate surface area is 190 Å². The molecular weight excluding hydrogens is 420 g/mol.